The van der Waals surface area contributed by atoms with E-state index in [1.165, 1.54) is 5.57 Å². The van der Waals surface area contributed by atoms with Crippen LogP contribution in [0.25, 0.3) is 0 Å². The van der Waals surface area contributed by atoms with Gasteiger partial charge >= 0.3 is 0 Å². The van der Waals surface area contributed by atoms with E-state index in [-0.39, 0.29) is 16.7 Å². The summed E-state index contributed by atoms with van der Waals surface area (Å²) in [6, 6.07) is 0. The van der Waals surface area contributed by atoms with Crippen LogP contribution in [0.2, 0.25) is 0 Å². The van der Waals surface area contributed by atoms with Gasteiger partial charge in [-0.3, -0.25) is 14.4 Å². The fourth-order valence-electron chi connectivity index (χ4n) is 6.98. The molecule has 0 aromatic carbocycles. The molecule has 0 unspecified atom stereocenters. The molecular weight excluding hydrogens is 326 g/mol. The van der Waals surface area contributed by atoms with Crippen LogP contribution in [0.4, 0.5) is 0 Å². The fourth-order valence-corrected chi connectivity index (χ4v) is 6.98. The predicted molar refractivity (Wildman–Crippen MR) is 99.3 cm³/mol. The number of rotatable bonds is 3. The SMILES string of the molecule is CC(=O)NCC[C@]12CCC(=O)CC1=CC[C@@H]1[C@@H]2CC[C@]2(C)C(=O)CC[C@@H]12. The summed E-state index contributed by atoms with van der Waals surface area (Å²) < 4.78 is 0. The second-order valence-corrected chi connectivity index (χ2v) is 9.36. The summed E-state index contributed by atoms with van der Waals surface area (Å²) in [6.07, 6.45) is 10.4. The van der Waals surface area contributed by atoms with Crippen molar-refractivity contribution in [2.24, 2.45) is 28.6 Å². The largest absolute Gasteiger partial charge is 0.356 e. The molecule has 142 valence electrons. The molecule has 0 bridgehead atoms. The molecule has 3 fully saturated rings. The molecule has 4 aliphatic carbocycles. The zero-order valence-corrected chi connectivity index (χ0v) is 16.1. The summed E-state index contributed by atoms with van der Waals surface area (Å²) in [4.78, 5) is 36.1. The summed E-state index contributed by atoms with van der Waals surface area (Å²) in [5.41, 5.74) is 1.29. The highest BCUT2D eigenvalue weighted by atomic mass is 16.1. The first-order valence-corrected chi connectivity index (χ1v) is 10.4. The van der Waals surface area contributed by atoms with Gasteiger partial charge in [-0.1, -0.05) is 18.6 Å². The monoisotopic (exact) mass is 357 g/mol. The Kier molecular flexibility index (Phi) is 4.36. The van der Waals surface area contributed by atoms with Gasteiger partial charge in [-0.15, -0.1) is 0 Å². The number of ketones is 2. The van der Waals surface area contributed by atoms with Crippen molar-refractivity contribution in [2.75, 3.05) is 6.54 Å². The molecule has 0 radical (unpaired) electrons. The van der Waals surface area contributed by atoms with E-state index in [0.717, 1.165) is 44.9 Å². The quantitative estimate of drug-likeness (QED) is 0.785. The number of allylic oxidation sites excluding steroid dienone is 2. The summed E-state index contributed by atoms with van der Waals surface area (Å²) in [7, 11) is 0. The molecule has 3 saturated carbocycles. The van der Waals surface area contributed by atoms with E-state index in [1.807, 2.05) is 0 Å². The van der Waals surface area contributed by atoms with Gasteiger partial charge in [0.2, 0.25) is 5.91 Å². The van der Waals surface area contributed by atoms with Gasteiger partial charge in [0.15, 0.2) is 0 Å². The summed E-state index contributed by atoms with van der Waals surface area (Å²) in [5.74, 6) is 2.48. The average Bonchev–Trinajstić information content (AvgIpc) is 2.90. The highest BCUT2D eigenvalue weighted by Crippen LogP contribution is 2.64. The number of hydrogen-bond acceptors (Lipinski definition) is 3. The number of carbonyl (C=O) groups excluding carboxylic acids is 3. The second kappa shape index (κ2) is 6.31. The van der Waals surface area contributed by atoms with Crippen molar-refractivity contribution in [3.8, 4) is 0 Å². The van der Waals surface area contributed by atoms with E-state index in [4.69, 9.17) is 0 Å². The fraction of sp³-hybridized carbons (Fsp3) is 0.773. The minimum atomic E-state index is -0.115. The molecule has 26 heavy (non-hydrogen) atoms. The van der Waals surface area contributed by atoms with Crippen LogP contribution in [0, 0.1) is 28.6 Å². The minimum Gasteiger partial charge on any atom is -0.356 e. The van der Waals surface area contributed by atoms with Crippen LogP contribution in [0.5, 0.6) is 0 Å². The summed E-state index contributed by atoms with van der Waals surface area (Å²) >= 11 is 0. The Bertz CT molecular complexity index is 681. The zero-order valence-electron chi connectivity index (χ0n) is 16.1. The predicted octanol–water partition coefficient (Wildman–Crippen LogP) is 3.59. The number of fused-ring (bicyclic) bond motifs is 5. The third-order valence-electron chi connectivity index (χ3n) is 8.31. The molecule has 5 atom stereocenters. The van der Waals surface area contributed by atoms with Gasteiger partial charge in [-0.05, 0) is 61.7 Å². The lowest BCUT2D eigenvalue weighted by atomic mass is 9.47. The smallest absolute Gasteiger partial charge is 0.216 e. The van der Waals surface area contributed by atoms with Crippen LogP contribution in [0.15, 0.2) is 11.6 Å². The van der Waals surface area contributed by atoms with Crippen molar-refractivity contribution in [1.29, 1.82) is 0 Å². The molecule has 4 nitrogen and oxygen atoms in total. The number of carbonyl (C=O) groups is 3. The molecule has 4 rings (SSSR count). The molecule has 1 N–H and O–H groups in total. The first-order valence-electron chi connectivity index (χ1n) is 10.4. The molecule has 0 spiro atoms. The van der Waals surface area contributed by atoms with Crippen molar-refractivity contribution in [3.05, 3.63) is 11.6 Å². The van der Waals surface area contributed by atoms with Crippen molar-refractivity contribution < 1.29 is 14.4 Å². The lowest BCUT2D eigenvalue weighted by Gasteiger charge is -2.57. The Morgan fingerprint density at radius 2 is 2.00 bits per heavy atom. The van der Waals surface area contributed by atoms with Crippen molar-refractivity contribution >= 4 is 17.5 Å². The zero-order chi connectivity index (χ0) is 18.5. The van der Waals surface area contributed by atoms with Gasteiger partial charge in [0, 0.05) is 38.1 Å². The first-order chi connectivity index (χ1) is 12.4. The van der Waals surface area contributed by atoms with Crippen LogP contribution >= 0.6 is 0 Å². The van der Waals surface area contributed by atoms with Gasteiger partial charge in [0.05, 0.1) is 0 Å². The standard InChI is InChI=1S/C22H31NO3/c1-14(24)23-12-11-22-10-7-16(25)13-15(22)3-4-17-18-5-6-20(26)21(18,2)9-8-19(17)22/h3,17-19H,4-13H2,1-2H3,(H,23,24)/t17-,18-,19-,21-,22+/m0/s1. The number of nitrogens with one attached hydrogen (secondary N) is 1. The molecule has 0 aromatic heterocycles. The van der Waals surface area contributed by atoms with Crippen LogP contribution in [-0.2, 0) is 14.4 Å². The molecule has 0 aromatic rings. The van der Waals surface area contributed by atoms with Gasteiger partial charge < -0.3 is 5.32 Å². The van der Waals surface area contributed by atoms with Crippen molar-refractivity contribution in [1.82, 2.24) is 5.32 Å². The molecule has 0 heterocycles. The van der Waals surface area contributed by atoms with Crippen LogP contribution in [0.1, 0.15) is 71.6 Å². The van der Waals surface area contributed by atoms with E-state index in [0.29, 0.717) is 48.7 Å². The highest BCUT2D eigenvalue weighted by Gasteiger charge is 2.59. The maximum absolute atomic E-state index is 12.5. The first kappa shape index (κ1) is 17.9. The van der Waals surface area contributed by atoms with Gasteiger partial charge in [-0.2, -0.15) is 0 Å². The van der Waals surface area contributed by atoms with Gasteiger partial charge in [0.25, 0.3) is 0 Å². The Hall–Kier alpha value is -1.45. The molecule has 0 aliphatic heterocycles. The summed E-state index contributed by atoms with van der Waals surface area (Å²) in [5, 5.41) is 2.98. The Morgan fingerprint density at radius 1 is 1.19 bits per heavy atom. The van der Waals surface area contributed by atoms with E-state index in [1.54, 1.807) is 6.92 Å². The van der Waals surface area contributed by atoms with E-state index in [2.05, 4.69) is 18.3 Å². The Labute approximate surface area is 156 Å². The topological polar surface area (TPSA) is 63.2 Å². The Morgan fingerprint density at radius 3 is 2.77 bits per heavy atom. The lowest BCUT2D eigenvalue weighted by molar-refractivity contribution is -0.133. The summed E-state index contributed by atoms with van der Waals surface area (Å²) in [6.45, 7) is 4.46. The second-order valence-electron chi connectivity index (χ2n) is 9.36. The third kappa shape index (κ3) is 2.59. The molecule has 0 saturated heterocycles. The number of hydrogen-bond donors (Lipinski definition) is 1. The van der Waals surface area contributed by atoms with Crippen LogP contribution < -0.4 is 5.32 Å². The van der Waals surface area contributed by atoms with E-state index < -0.39 is 0 Å². The van der Waals surface area contributed by atoms with Gasteiger partial charge in [-0.25, -0.2) is 0 Å². The molecule has 4 heteroatoms. The van der Waals surface area contributed by atoms with Crippen molar-refractivity contribution in [2.45, 2.75) is 71.6 Å². The lowest BCUT2D eigenvalue weighted by Crippen LogP contribution is -2.52. The highest BCUT2D eigenvalue weighted by molar-refractivity contribution is 5.87. The van der Waals surface area contributed by atoms with E-state index in [9.17, 15) is 14.4 Å². The third-order valence-corrected chi connectivity index (χ3v) is 8.31. The van der Waals surface area contributed by atoms with Gasteiger partial charge in [0.1, 0.15) is 11.6 Å². The normalized spacial score (nSPS) is 41.8. The van der Waals surface area contributed by atoms with Crippen LogP contribution in [0.3, 0.4) is 0 Å². The maximum Gasteiger partial charge on any atom is 0.216 e. The Balaban J connectivity index is 1.66. The number of amides is 1. The molecular formula is C22H31NO3. The minimum absolute atomic E-state index is 0.0174. The van der Waals surface area contributed by atoms with E-state index >= 15 is 0 Å². The van der Waals surface area contributed by atoms with Crippen molar-refractivity contribution in [3.63, 3.8) is 0 Å². The maximum atomic E-state index is 12.5. The molecule has 4 aliphatic rings. The van der Waals surface area contributed by atoms with Crippen LogP contribution in [-0.4, -0.2) is 24.0 Å². The molecule has 1 amide bonds. The number of Topliss-reactive ketones (excluding diaryl/α,β-unsaturated/α-hetero) is 2. The average molecular weight is 357 g/mol.